The molecule has 3 rings (SSSR count). The molecule has 1 saturated carbocycles. The van der Waals surface area contributed by atoms with Crippen molar-refractivity contribution >= 4 is 35.3 Å². The number of nitrogens with one attached hydrogen (secondary N) is 3. The van der Waals surface area contributed by atoms with E-state index in [9.17, 15) is 4.79 Å². The predicted octanol–water partition coefficient (Wildman–Crippen LogP) is 4.14. The molecule has 3 N–H and O–H groups in total. The van der Waals surface area contributed by atoms with Crippen LogP contribution < -0.4 is 16.3 Å². The summed E-state index contributed by atoms with van der Waals surface area (Å²) >= 11 is 12.0. The molecule has 1 amide bonds. The van der Waals surface area contributed by atoms with E-state index in [1.807, 2.05) is 0 Å². The molecule has 1 heterocycles. The number of halogens is 2. The van der Waals surface area contributed by atoms with Crippen molar-refractivity contribution < 1.29 is 4.79 Å². The number of carbonyl (C=O) groups excluding carboxylic acids is 1. The molecule has 1 saturated heterocycles. The fourth-order valence-corrected chi connectivity index (χ4v) is 4.61. The highest BCUT2D eigenvalue weighted by Gasteiger charge is 2.46. The smallest absolute Gasteiger partial charge is 0.258 e. The third-order valence-corrected chi connectivity index (χ3v) is 6.95. The number of rotatable bonds is 5. The molecule has 0 aromatic heterocycles. The number of hydrazine groups is 1. The van der Waals surface area contributed by atoms with Crippen molar-refractivity contribution in [3.05, 3.63) is 33.8 Å². The summed E-state index contributed by atoms with van der Waals surface area (Å²) in [5, 5.41) is 5.14. The van der Waals surface area contributed by atoms with Crippen LogP contribution in [0.2, 0.25) is 10.0 Å². The van der Waals surface area contributed by atoms with Gasteiger partial charge < -0.3 is 0 Å². The first kappa shape index (κ1) is 20.6. The Morgan fingerprint density at radius 3 is 2.81 bits per heavy atom. The molecule has 1 aromatic carbocycles. The summed E-state index contributed by atoms with van der Waals surface area (Å²) in [7, 11) is 0. The van der Waals surface area contributed by atoms with Crippen molar-refractivity contribution in [2.24, 2.45) is 22.4 Å². The van der Waals surface area contributed by atoms with Crippen molar-refractivity contribution in [2.45, 2.75) is 58.5 Å². The lowest BCUT2D eigenvalue weighted by Gasteiger charge is -2.41. The zero-order valence-corrected chi connectivity index (χ0v) is 17.6. The van der Waals surface area contributed by atoms with Crippen molar-refractivity contribution in [1.82, 2.24) is 16.3 Å². The highest BCUT2D eigenvalue weighted by molar-refractivity contribution is 6.36. The first-order valence-electron chi connectivity index (χ1n) is 9.61. The molecule has 0 spiro atoms. The van der Waals surface area contributed by atoms with Crippen molar-refractivity contribution in [3.8, 4) is 0 Å². The molecule has 5 nitrogen and oxygen atoms in total. The van der Waals surface area contributed by atoms with Gasteiger partial charge in [-0.1, -0.05) is 56.5 Å². The van der Waals surface area contributed by atoms with Gasteiger partial charge in [0, 0.05) is 22.5 Å². The van der Waals surface area contributed by atoms with Gasteiger partial charge in [0.15, 0.2) is 0 Å². The fourth-order valence-electron chi connectivity index (χ4n) is 4.16. The third kappa shape index (κ3) is 4.65. The van der Waals surface area contributed by atoms with Gasteiger partial charge in [-0.25, -0.2) is 10.9 Å². The molecule has 1 aromatic rings. The van der Waals surface area contributed by atoms with E-state index in [2.05, 4.69) is 42.1 Å². The average molecular weight is 411 g/mol. The quantitative estimate of drug-likeness (QED) is 0.504. The van der Waals surface area contributed by atoms with Crippen LogP contribution >= 0.6 is 23.2 Å². The molecule has 2 aliphatic rings. The van der Waals surface area contributed by atoms with Gasteiger partial charge in [-0.2, -0.15) is 5.10 Å². The summed E-state index contributed by atoms with van der Waals surface area (Å²) < 4.78 is 0. The summed E-state index contributed by atoms with van der Waals surface area (Å²) in [4.78, 5) is 12.7. The van der Waals surface area contributed by atoms with Gasteiger partial charge in [0.05, 0.1) is 11.2 Å². The summed E-state index contributed by atoms with van der Waals surface area (Å²) in [6, 6.07) is 5.23. The molecule has 1 aliphatic carbocycles. The normalized spacial score (nSPS) is 28.3. The van der Waals surface area contributed by atoms with Gasteiger partial charge >= 0.3 is 0 Å². The standard InChI is InChI=1S/C20H28Cl2N4O/c1-4-20(2,3)13-6-8-17-15(9-13)18(25-24-17)19(27)26-23-11-12-5-7-14(21)10-16(12)22/h5,7,10-11,13,15,17-18,24-25H,4,6,8-9H2,1-3H3,(H,26,27)/b23-11-. The first-order chi connectivity index (χ1) is 12.8. The Hall–Kier alpha value is -1.14. The maximum atomic E-state index is 12.7. The van der Waals surface area contributed by atoms with E-state index in [-0.39, 0.29) is 17.9 Å². The monoisotopic (exact) mass is 410 g/mol. The molecule has 27 heavy (non-hydrogen) atoms. The Bertz CT molecular complexity index is 722. The van der Waals surface area contributed by atoms with Crippen LogP contribution in [0.4, 0.5) is 0 Å². The number of hydrogen-bond donors (Lipinski definition) is 3. The van der Waals surface area contributed by atoms with E-state index < -0.39 is 0 Å². The van der Waals surface area contributed by atoms with Crippen molar-refractivity contribution in [3.63, 3.8) is 0 Å². The number of hydrazone groups is 1. The second-order valence-electron chi connectivity index (χ2n) is 8.29. The maximum absolute atomic E-state index is 12.7. The van der Waals surface area contributed by atoms with E-state index in [0.717, 1.165) is 19.3 Å². The van der Waals surface area contributed by atoms with E-state index in [1.165, 1.54) is 6.42 Å². The van der Waals surface area contributed by atoms with E-state index in [0.29, 0.717) is 33.0 Å². The second kappa shape index (κ2) is 8.48. The number of hydrogen-bond acceptors (Lipinski definition) is 4. The van der Waals surface area contributed by atoms with Gasteiger partial charge in [0.25, 0.3) is 5.91 Å². The zero-order valence-electron chi connectivity index (χ0n) is 16.1. The largest absolute Gasteiger partial charge is 0.271 e. The fraction of sp³-hybridized carbons (Fsp3) is 0.600. The Morgan fingerprint density at radius 2 is 2.11 bits per heavy atom. The third-order valence-electron chi connectivity index (χ3n) is 6.39. The first-order valence-corrected chi connectivity index (χ1v) is 10.4. The summed E-state index contributed by atoms with van der Waals surface area (Å²) in [5.74, 6) is 0.798. The van der Waals surface area contributed by atoms with Crippen LogP contribution in [0.25, 0.3) is 0 Å². The zero-order chi connectivity index (χ0) is 19.6. The highest BCUT2D eigenvalue weighted by Crippen LogP contribution is 2.44. The van der Waals surface area contributed by atoms with Gasteiger partial charge in [0.1, 0.15) is 6.04 Å². The lowest BCUT2D eigenvalue weighted by atomic mass is 9.65. The van der Waals surface area contributed by atoms with E-state index in [4.69, 9.17) is 23.2 Å². The lowest BCUT2D eigenvalue weighted by Crippen LogP contribution is -2.45. The molecule has 148 valence electrons. The average Bonchev–Trinajstić information content (AvgIpc) is 3.06. The van der Waals surface area contributed by atoms with Crippen LogP contribution in [0.3, 0.4) is 0 Å². The Labute approximate surface area is 171 Å². The summed E-state index contributed by atoms with van der Waals surface area (Å²) in [5.41, 5.74) is 10.1. The number of benzene rings is 1. The molecule has 7 heteroatoms. The number of fused-ring (bicyclic) bond motifs is 1. The molecular formula is C20H28Cl2N4O. The van der Waals surface area contributed by atoms with Gasteiger partial charge in [-0.15, -0.1) is 0 Å². The molecule has 2 fully saturated rings. The SMILES string of the molecule is CCC(C)(C)C1CCC2NNC(C(=O)N/N=C\c3ccc(Cl)cc3Cl)C2C1. The van der Waals surface area contributed by atoms with Crippen LogP contribution in [0, 0.1) is 17.3 Å². The van der Waals surface area contributed by atoms with E-state index >= 15 is 0 Å². The van der Waals surface area contributed by atoms with Crippen molar-refractivity contribution in [2.75, 3.05) is 0 Å². The Balaban J connectivity index is 1.62. The number of amides is 1. The second-order valence-corrected chi connectivity index (χ2v) is 9.13. The van der Waals surface area contributed by atoms with Crippen molar-refractivity contribution in [1.29, 1.82) is 0 Å². The van der Waals surface area contributed by atoms with Crippen LogP contribution in [-0.4, -0.2) is 24.2 Å². The summed E-state index contributed by atoms with van der Waals surface area (Å²) in [6.07, 6.45) is 6.05. The van der Waals surface area contributed by atoms with Crippen LogP contribution in [-0.2, 0) is 4.79 Å². The predicted molar refractivity (Wildman–Crippen MR) is 111 cm³/mol. The Morgan fingerprint density at radius 1 is 1.33 bits per heavy atom. The molecule has 1 aliphatic heterocycles. The minimum Gasteiger partial charge on any atom is -0.271 e. The lowest BCUT2D eigenvalue weighted by molar-refractivity contribution is -0.124. The Kier molecular flexibility index (Phi) is 6.46. The van der Waals surface area contributed by atoms with Gasteiger partial charge in [0.2, 0.25) is 0 Å². The highest BCUT2D eigenvalue weighted by atomic mass is 35.5. The van der Waals surface area contributed by atoms with Crippen LogP contribution in [0.5, 0.6) is 0 Å². The molecular weight excluding hydrogens is 383 g/mol. The molecule has 4 unspecified atom stereocenters. The minimum atomic E-state index is -0.275. The maximum Gasteiger partial charge on any atom is 0.258 e. The molecule has 0 radical (unpaired) electrons. The minimum absolute atomic E-state index is 0.119. The van der Waals surface area contributed by atoms with Crippen LogP contribution in [0.1, 0.15) is 52.0 Å². The van der Waals surface area contributed by atoms with E-state index in [1.54, 1.807) is 24.4 Å². The van der Waals surface area contributed by atoms with Gasteiger partial charge in [-0.05, 0) is 42.7 Å². The number of nitrogens with zero attached hydrogens (tertiary/aromatic N) is 1. The van der Waals surface area contributed by atoms with Crippen LogP contribution in [0.15, 0.2) is 23.3 Å². The summed E-state index contributed by atoms with van der Waals surface area (Å²) in [6.45, 7) is 6.92. The topological polar surface area (TPSA) is 65.5 Å². The molecule has 0 bridgehead atoms. The molecule has 4 atom stereocenters. The number of carbonyl (C=O) groups is 1. The van der Waals surface area contributed by atoms with Gasteiger partial charge in [-0.3, -0.25) is 10.2 Å².